The summed E-state index contributed by atoms with van der Waals surface area (Å²) in [6.07, 6.45) is -2.07. The standard InChI is InChI=1S/C24H30F5N5O6S/c25-23(26)40-20-17(34-9-2-1-6-19(34)35)4-3-5-18(20)41(38,39)31-16(14-30-22(37)24(27,28)29)21(36)33-12-10-32(11-13-33)15-7-8-15/h3-5,15-16,23,31H,1-2,6-14H2,(H,30,37)/t16-/m0/s1. The maximum atomic E-state index is 13.5. The molecule has 0 unspecified atom stereocenters. The second-order valence-electron chi connectivity index (χ2n) is 9.96. The third-order valence-corrected chi connectivity index (χ3v) is 8.57. The molecule has 3 fully saturated rings. The van der Waals surface area contributed by atoms with Crippen molar-refractivity contribution in [3.8, 4) is 5.75 Å². The quantitative estimate of drug-likeness (QED) is 0.384. The van der Waals surface area contributed by atoms with Gasteiger partial charge in [0.05, 0.1) is 5.69 Å². The molecular formula is C24H30F5N5O6S. The van der Waals surface area contributed by atoms with Crippen molar-refractivity contribution in [3.05, 3.63) is 18.2 Å². The van der Waals surface area contributed by atoms with Crippen LogP contribution in [0.2, 0.25) is 0 Å². The summed E-state index contributed by atoms with van der Waals surface area (Å²) >= 11 is 0. The number of hydrogen-bond donors (Lipinski definition) is 2. The highest BCUT2D eigenvalue weighted by atomic mass is 32.2. The Morgan fingerprint density at radius 2 is 1.73 bits per heavy atom. The summed E-state index contributed by atoms with van der Waals surface area (Å²) in [5.41, 5.74) is -0.234. The van der Waals surface area contributed by atoms with E-state index in [1.807, 2.05) is 4.72 Å². The fraction of sp³-hybridized carbons (Fsp3) is 0.625. The smallest absolute Gasteiger partial charge is 0.431 e. The van der Waals surface area contributed by atoms with Crippen molar-refractivity contribution < 1.29 is 49.5 Å². The fourth-order valence-electron chi connectivity index (χ4n) is 4.89. The largest absolute Gasteiger partial charge is 0.471 e. The molecule has 0 aromatic heterocycles. The number of piperazine rings is 1. The lowest BCUT2D eigenvalue weighted by Gasteiger charge is -2.36. The average molecular weight is 612 g/mol. The molecule has 17 heteroatoms. The van der Waals surface area contributed by atoms with E-state index in [1.165, 1.54) is 22.3 Å². The maximum absolute atomic E-state index is 13.5. The first-order valence-electron chi connectivity index (χ1n) is 13.1. The first kappa shape index (κ1) is 30.9. The first-order valence-corrected chi connectivity index (χ1v) is 14.5. The number of alkyl halides is 5. The highest BCUT2D eigenvalue weighted by Gasteiger charge is 2.41. The van der Waals surface area contributed by atoms with Crippen LogP contribution >= 0.6 is 0 Å². The summed E-state index contributed by atoms with van der Waals surface area (Å²) in [6.45, 7) is -3.13. The summed E-state index contributed by atoms with van der Waals surface area (Å²) in [5.74, 6) is -4.58. The molecule has 1 aromatic carbocycles. The Balaban J connectivity index is 1.62. The third-order valence-electron chi connectivity index (χ3n) is 7.08. The summed E-state index contributed by atoms with van der Waals surface area (Å²) in [6, 6.07) is 1.82. The first-order chi connectivity index (χ1) is 19.3. The topological polar surface area (TPSA) is 128 Å². The molecule has 41 heavy (non-hydrogen) atoms. The lowest BCUT2D eigenvalue weighted by Crippen LogP contribution is -2.58. The van der Waals surface area contributed by atoms with E-state index >= 15 is 0 Å². The van der Waals surface area contributed by atoms with Gasteiger partial charge in [-0.15, -0.1) is 0 Å². The van der Waals surface area contributed by atoms with Crippen molar-refractivity contribution in [3.63, 3.8) is 0 Å². The van der Waals surface area contributed by atoms with Gasteiger partial charge in [-0.2, -0.15) is 26.7 Å². The Morgan fingerprint density at radius 1 is 1.05 bits per heavy atom. The zero-order valence-electron chi connectivity index (χ0n) is 21.8. The van der Waals surface area contributed by atoms with Crippen molar-refractivity contribution in [2.75, 3.05) is 44.2 Å². The lowest BCUT2D eigenvalue weighted by atomic mass is 10.1. The molecule has 4 rings (SSSR count). The fourth-order valence-corrected chi connectivity index (χ4v) is 6.23. The average Bonchev–Trinajstić information content (AvgIpc) is 3.76. The van der Waals surface area contributed by atoms with Gasteiger partial charge in [0.2, 0.25) is 21.8 Å². The van der Waals surface area contributed by atoms with E-state index in [0.717, 1.165) is 23.8 Å². The Morgan fingerprint density at radius 3 is 2.32 bits per heavy atom. The van der Waals surface area contributed by atoms with E-state index in [4.69, 9.17) is 0 Å². The SMILES string of the molecule is O=C([C@H](CNC(=O)C(F)(F)F)NS(=O)(=O)c1cccc(N2CCCCC2=O)c1OC(F)F)N1CCN(C2CC2)CC1. The minimum absolute atomic E-state index is 0.104. The molecule has 2 heterocycles. The van der Waals surface area contributed by atoms with Crippen LogP contribution in [-0.2, 0) is 24.4 Å². The van der Waals surface area contributed by atoms with Crippen LogP contribution in [0, 0.1) is 0 Å². The summed E-state index contributed by atoms with van der Waals surface area (Å²) in [4.78, 5) is 40.9. The third kappa shape index (κ3) is 7.62. The number of nitrogens with zero attached hydrogens (tertiary/aromatic N) is 3. The highest BCUT2D eigenvalue weighted by molar-refractivity contribution is 7.89. The highest BCUT2D eigenvalue weighted by Crippen LogP contribution is 2.38. The Bertz CT molecular complexity index is 1250. The molecule has 1 aromatic rings. The Hall–Kier alpha value is -3.05. The van der Waals surface area contributed by atoms with Crippen LogP contribution in [-0.4, -0.2) is 100 Å². The van der Waals surface area contributed by atoms with Crippen molar-refractivity contribution >= 4 is 33.4 Å². The van der Waals surface area contributed by atoms with E-state index in [1.54, 1.807) is 0 Å². The van der Waals surface area contributed by atoms with Crippen LogP contribution < -0.4 is 19.7 Å². The minimum atomic E-state index is -5.30. The second kappa shape index (κ2) is 12.4. The zero-order chi connectivity index (χ0) is 29.9. The number of rotatable bonds is 10. The summed E-state index contributed by atoms with van der Waals surface area (Å²) in [5, 5.41) is 1.52. The van der Waals surface area contributed by atoms with Crippen LogP contribution in [0.5, 0.6) is 5.75 Å². The molecule has 0 spiro atoms. The monoisotopic (exact) mass is 611 g/mol. The Kier molecular flexibility index (Phi) is 9.38. The molecule has 3 aliphatic rings. The molecule has 0 radical (unpaired) electrons. The molecule has 3 amide bonds. The van der Waals surface area contributed by atoms with Gasteiger partial charge in [0.15, 0.2) is 5.75 Å². The summed E-state index contributed by atoms with van der Waals surface area (Å²) < 4.78 is 98.8. The van der Waals surface area contributed by atoms with Crippen LogP contribution in [0.1, 0.15) is 32.1 Å². The van der Waals surface area contributed by atoms with Crippen molar-refractivity contribution in [2.45, 2.75) is 61.9 Å². The molecule has 1 atom stereocenters. The molecule has 228 valence electrons. The van der Waals surface area contributed by atoms with Crippen LogP contribution in [0.15, 0.2) is 23.1 Å². The van der Waals surface area contributed by atoms with Crippen molar-refractivity contribution in [1.29, 1.82) is 0 Å². The van der Waals surface area contributed by atoms with E-state index in [-0.39, 0.29) is 31.7 Å². The van der Waals surface area contributed by atoms with Gasteiger partial charge in [0.25, 0.3) is 0 Å². The molecule has 2 N–H and O–H groups in total. The van der Waals surface area contributed by atoms with Gasteiger partial charge >= 0.3 is 18.7 Å². The molecule has 2 aliphatic heterocycles. The number of nitrogens with one attached hydrogen (secondary N) is 2. The normalized spacial score (nSPS) is 19.8. The van der Waals surface area contributed by atoms with Crippen molar-refractivity contribution in [2.24, 2.45) is 0 Å². The zero-order valence-corrected chi connectivity index (χ0v) is 22.6. The number of para-hydroxylation sites is 1. The number of amides is 3. The molecule has 1 aliphatic carbocycles. The summed E-state index contributed by atoms with van der Waals surface area (Å²) in [7, 11) is -4.93. The number of benzene rings is 1. The predicted molar refractivity (Wildman–Crippen MR) is 134 cm³/mol. The molecule has 1 saturated carbocycles. The number of carbonyl (C=O) groups is 3. The van der Waals surface area contributed by atoms with Crippen molar-refractivity contribution in [1.82, 2.24) is 19.8 Å². The molecule has 2 saturated heterocycles. The van der Waals surface area contributed by atoms with E-state index in [2.05, 4.69) is 9.64 Å². The number of carbonyl (C=O) groups excluding carboxylic acids is 3. The molecule has 0 bridgehead atoms. The number of sulfonamides is 1. The second-order valence-corrected chi connectivity index (χ2v) is 11.6. The maximum Gasteiger partial charge on any atom is 0.471 e. The van der Waals surface area contributed by atoms with Crippen LogP contribution in [0.4, 0.5) is 27.6 Å². The number of hydrogen-bond acceptors (Lipinski definition) is 7. The molecule has 11 nitrogen and oxygen atoms in total. The van der Waals surface area contributed by atoms with Gasteiger partial charge < -0.3 is 19.9 Å². The predicted octanol–water partition coefficient (Wildman–Crippen LogP) is 1.44. The van der Waals surface area contributed by atoms with Gasteiger partial charge in [0.1, 0.15) is 10.9 Å². The van der Waals surface area contributed by atoms with E-state index in [0.29, 0.717) is 32.0 Å². The molecular weight excluding hydrogens is 581 g/mol. The van der Waals surface area contributed by atoms with E-state index in [9.17, 15) is 44.8 Å². The van der Waals surface area contributed by atoms with Crippen LogP contribution in [0.25, 0.3) is 0 Å². The van der Waals surface area contributed by atoms with Gasteiger partial charge in [-0.25, -0.2) is 8.42 Å². The Labute approximate surface area is 233 Å². The minimum Gasteiger partial charge on any atom is -0.431 e. The number of ether oxygens (including phenoxy) is 1. The number of halogens is 5. The van der Waals surface area contributed by atoms with E-state index < -0.39 is 63.8 Å². The van der Waals surface area contributed by atoms with Gasteiger partial charge in [-0.3, -0.25) is 19.3 Å². The lowest BCUT2D eigenvalue weighted by molar-refractivity contribution is -0.173. The number of piperidine rings is 1. The van der Waals surface area contributed by atoms with Crippen LogP contribution in [0.3, 0.4) is 0 Å². The van der Waals surface area contributed by atoms with Gasteiger partial charge in [0, 0.05) is 51.7 Å². The van der Waals surface area contributed by atoms with Gasteiger partial charge in [-0.05, 0) is 37.8 Å². The number of anilines is 1. The van der Waals surface area contributed by atoms with Gasteiger partial charge in [-0.1, -0.05) is 6.07 Å².